The van der Waals surface area contributed by atoms with E-state index in [1.165, 1.54) is 0 Å². The number of carbonyl (C=O) groups excluding carboxylic acids is 1. The molecular weight excluding hydrogens is 396 g/mol. The molecule has 4 aromatic rings. The Bertz CT molecular complexity index is 1240. The zero-order valence-corrected chi connectivity index (χ0v) is 16.7. The number of amides is 1. The number of likely N-dealkylation sites (tertiary alicyclic amines) is 1. The lowest BCUT2D eigenvalue weighted by atomic mass is 9.96. The number of piperidine rings is 1. The number of para-hydroxylation sites is 1. The van der Waals surface area contributed by atoms with Gasteiger partial charge in [-0.05, 0) is 43.2 Å². The first-order chi connectivity index (χ1) is 15.2. The Balaban J connectivity index is 1.13. The van der Waals surface area contributed by atoms with Crippen LogP contribution in [0.4, 0.5) is 0 Å². The summed E-state index contributed by atoms with van der Waals surface area (Å²) in [5, 5.41) is 5.19. The summed E-state index contributed by atoms with van der Waals surface area (Å²) in [5.41, 5.74) is 2.43. The molecule has 2 aromatic heterocycles. The Morgan fingerprint density at radius 1 is 1.03 bits per heavy atom. The molecule has 1 amide bonds. The van der Waals surface area contributed by atoms with Gasteiger partial charge in [0.15, 0.2) is 11.5 Å². The monoisotopic (exact) mass is 416 g/mol. The lowest BCUT2D eigenvalue weighted by Crippen LogP contribution is -2.38. The summed E-state index contributed by atoms with van der Waals surface area (Å²) in [6.07, 6.45) is 1.57. The van der Waals surface area contributed by atoms with Gasteiger partial charge in [-0.3, -0.25) is 4.79 Å². The van der Waals surface area contributed by atoms with Crippen LogP contribution in [0.5, 0.6) is 11.5 Å². The fourth-order valence-electron chi connectivity index (χ4n) is 4.24. The van der Waals surface area contributed by atoms with Crippen LogP contribution >= 0.6 is 0 Å². The molecule has 8 heteroatoms. The molecule has 1 fully saturated rings. The molecule has 4 heterocycles. The first kappa shape index (κ1) is 18.0. The molecule has 1 N–H and O–H groups in total. The second-order valence-corrected chi connectivity index (χ2v) is 7.86. The normalized spacial score (nSPS) is 16.2. The maximum atomic E-state index is 12.9. The van der Waals surface area contributed by atoms with Crippen molar-refractivity contribution in [1.29, 1.82) is 0 Å². The van der Waals surface area contributed by atoms with Crippen molar-refractivity contribution in [2.75, 3.05) is 19.9 Å². The van der Waals surface area contributed by atoms with E-state index in [-0.39, 0.29) is 18.6 Å². The number of hydrogen-bond acceptors (Lipinski definition) is 6. The molecule has 0 bridgehead atoms. The minimum atomic E-state index is 0.0289. The molecule has 156 valence electrons. The molecule has 2 aliphatic heterocycles. The third-order valence-electron chi connectivity index (χ3n) is 5.96. The van der Waals surface area contributed by atoms with Crippen molar-refractivity contribution < 1.29 is 18.8 Å². The number of fused-ring (bicyclic) bond motifs is 2. The van der Waals surface area contributed by atoms with E-state index in [1.54, 1.807) is 0 Å². The summed E-state index contributed by atoms with van der Waals surface area (Å²) in [7, 11) is 0. The number of H-pyrrole nitrogens is 1. The average Bonchev–Trinajstić information content (AvgIpc) is 3.57. The Kier molecular flexibility index (Phi) is 4.15. The van der Waals surface area contributed by atoms with Gasteiger partial charge in [0.2, 0.25) is 18.5 Å². The van der Waals surface area contributed by atoms with Gasteiger partial charge in [0.1, 0.15) is 5.69 Å². The van der Waals surface area contributed by atoms with Gasteiger partial charge in [-0.2, -0.15) is 4.98 Å². The maximum absolute atomic E-state index is 12.9. The third kappa shape index (κ3) is 3.20. The number of carbonyl (C=O) groups is 1. The van der Waals surface area contributed by atoms with Crippen LogP contribution < -0.4 is 9.47 Å². The zero-order valence-electron chi connectivity index (χ0n) is 16.7. The molecule has 0 spiro atoms. The average molecular weight is 416 g/mol. The Morgan fingerprint density at radius 2 is 1.87 bits per heavy atom. The van der Waals surface area contributed by atoms with Gasteiger partial charge in [0.25, 0.3) is 5.91 Å². The summed E-state index contributed by atoms with van der Waals surface area (Å²) in [6, 6.07) is 15.4. The van der Waals surface area contributed by atoms with Gasteiger partial charge >= 0.3 is 0 Å². The largest absolute Gasteiger partial charge is 0.454 e. The van der Waals surface area contributed by atoms with Crippen LogP contribution in [0, 0.1) is 0 Å². The first-order valence-electron chi connectivity index (χ1n) is 10.4. The van der Waals surface area contributed by atoms with Crippen LogP contribution in [0.2, 0.25) is 0 Å². The van der Waals surface area contributed by atoms with Gasteiger partial charge in [-0.15, -0.1) is 0 Å². The number of ether oxygens (including phenoxy) is 2. The molecule has 0 saturated carbocycles. The number of aromatic nitrogens is 3. The van der Waals surface area contributed by atoms with Crippen molar-refractivity contribution in [3.8, 4) is 22.9 Å². The van der Waals surface area contributed by atoms with Crippen LogP contribution in [0.25, 0.3) is 22.3 Å². The smallest absolute Gasteiger partial charge is 0.270 e. The summed E-state index contributed by atoms with van der Waals surface area (Å²) in [4.78, 5) is 22.6. The standard InChI is InChI=1S/C23H20N4O4/c28-23(18-11-15-3-1-2-4-17(15)24-18)27-9-7-14(8-10-27)22-25-21(26-31-22)16-5-6-19-20(12-16)30-13-29-19/h1-6,11-12,14,24H,7-10,13H2. The van der Waals surface area contributed by atoms with Gasteiger partial charge in [0.05, 0.1) is 0 Å². The van der Waals surface area contributed by atoms with Gasteiger partial charge in [-0.25, -0.2) is 0 Å². The van der Waals surface area contributed by atoms with E-state index in [0.717, 1.165) is 35.1 Å². The molecular formula is C23H20N4O4. The number of nitrogens with zero attached hydrogens (tertiary/aromatic N) is 3. The Labute approximate surface area is 177 Å². The van der Waals surface area contributed by atoms with E-state index in [1.807, 2.05) is 53.4 Å². The van der Waals surface area contributed by atoms with E-state index in [2.05, 4.69) is 15.1 Å². The summed E-state index contributed by atoms with van der Waals surface area (Å²) in [6.45, 7) is 1.54. The highest BCUT2D eigenvalue weighted by atomic mass is 16.7. The van der Waals surface area contributed by atoms with Crippen LogP contribution in [0.3, 0.4) is 0 Å². The Morgan fingerprint density at radius 3 is 2.74 bits per heavy atom. The van der Waals surface area contributed by atoms with Gasteiger partial charge in [-0.1, -0.05) is 23.4 Å². The second-order valence-electron chi connectivity index (χ2n) is 7.86. The van der Waals surface area contributed by atoms with Gasteiger partial charge < -0.3 is 23.9 Å². The van der Waals surface area contributed by atoms with E-state index in [9.17, 15) is 4.79 Å². The second kappa shape index (κ2) is 7.16. The molecule has 0 radical (unpaired) electrons. The van der Waals surface area contributed by atoms with Crippen molar-refractivity contribution in [1.82, 2.24) is 20.0 Å². The summed E-state index contributed by atoms with van der Waals surface area (Å²) in [5.74, 6) is 2.73. The quantitative estimate of drug-likeness (QED) is 0.543. The minimum Gasteiger partial charge on any atom is -0.454 e. The number of aromatic amines is 1. The predicted molar refractivity (Wildman–Crippen MR) is 112 cm³/mol. The van der Waals surface area contributed by atoms with E-state index in [0.29, 0.717) is 36.2 Å². The summed E-state index contributed by atoms with van der Waals surface area (Å²) >= 11 is 0. The number of benzene rings is 2. The van der Waals surface area contributed by atoms with Crippen molar-refractivity contribution in [3.63, 3.8) is 0 Å². The molecule has 2 aromatic carbocycles. The van der Waals surface area contributed by atoms with Crippen LogP contribution in [0.15, 0.2) is 53.1 Å². The molecule has 0 aliphatic carbocycles. The number of rotatable bonds is 3. The summed E-state index contributed by atoms with van der Waals surface area (Å²) < 4.78 is 16.3. The van der Waals surface area contributed by atoms with Gasteiger partial charge in [0, 0.05) is 35.5 Å². The molecule has 31 heavy (non-hydrogen) atoms. The van der Waals surface area contributed by atoms with Crippen molar-refractivity contribution in [2.45, 2.75) is 18.8 Å². The third-order valence-corrected chi connectivity index (χ3v) is 5.96. The predicted octanol–water partition coefficient (Wildman–Crippen LogP) is 3.97. The Hall–Kier alpha value is -3.81. The van der Waals surface area contributed by atoms with E-state index >= 15 is 0 Å². The first-order valence-corrected chi connectivity index (χ1v) is 10.4. The lowest BCUT2D eigenvalue weighted by molar-refractivity contribution is 0.0699. The molecule has 8 nitrogen and oxygen atoms in total. The fraction of sp³-hybridized carbons (Fsp3) is 0.261. The van der Waals surface area contributed by atoms with Crippen molar-refractivity contribution >= 4 is 16.8 Å². The van der Waals surface area contributed by atoms with Crippen LogP contribution in [-0.4, -0.2) is 45.8 Å². The lowest BCUT2D eigenvalue weighted by Gasteiger charge is -2.30. The number of nitrogens with one attached hydrogen (secondary N) is 1. The number of hydrogen-bond donors (Lipinski definition) is 1. The van der Waals surface area contributed by atoms with Crippen LogP contribution in [0.1, 0.15) is 35.1 Å². The van der Waals surface area contributed by atoms with Crippen molar-refractivity contribution in [3.05, 3.63) is 60.1 Å². The molecule has 6 rings (SSSR count). The highest BCUT2D eigenvalue weighted by molar-refractivity contribution is 5.98. The SMILES string of the molecule is O=C(c1cc2ccccc2[nH]1)N1CCC(c2nc(-c3ccc4c(c3)OCO4)no2)CC1. The molecule has 0 unspecified atom stereocenters. The molecule has 1 saturated heterocycles. The van der Waals surface area contributed by atoms with Crippen LogP contribution in [-0.2, 0) is 0 Å². The fourth-order valence-corrected chi connectivity index (χ4v) is 4.24. The maximum Gasteiger partial charge on any atom is 0.270 e. The molecule has 2 aliphatic rings. The highest BCUT2D eigenvalue weighted by Crippen LogP contribution is 2.36. The van der Waals surface area contributed by atoms with E-state index < -0.39 is 0 Å². The topological polar surface area (TPSA) is 93.5 Å². The zero-order chi connectivity index (χ0) is 20.8. The minimum absolute atomic E-state index is 0.0289. The van der Waals surface area contributed by atoms with E-state index in [4.69, 9.17) is 14.0 Å². The van der Waals surface area contributed by atoms with Crippen molar-refractivity contribution in [2.24, 2.45) is 0 Å². The molecule has 0 atom stereocenters. The highest BCUT2D eigenvalue weighted by Gasteiger charge is 2.29.